The third-order valence-electron chi connectivity index (χ3n) is 5.15. The highest BCUT2D eigenvalue weighted by atomic mass is 35.5. The third kappa shape index (κ3) is 7.76. The van der Waals surface area contributed by atoms with Crippen LogP contribution in [0.3, 0.4) is 0 Å². The number of aryl methyl sites for hydroxylation is 1. The number of ether oxygens (including phenoxy) is 2. The molecular formula is C21H33ClFNO3. The average molecular weight is 402 g/mol. The summed E-state index contributed by atoms with van der Waals surface area (Å²) < 4.78 is 24.9. The molecule has 1 aromatic rings. The molecule has 6 heteroatoms. The normalized spacial score (nSPS) is 26.5. The lowest BCUT2D eigenvalue weighted by atomic mass is 9.86. The van der Waals surface area contributed by atoms with Crippen LogP contribution in [0.4, 0.5) is 4.39 Å². The summed E-state index contributed by atoms with van der Waals surface area (Å²) >= 11 is 0. The number of carbonyl (C=O) groups is 1. The molecule has 0 unspecified atom stereocenters. The van der Waals surface area contributed by atoms with Crippen LogP contribution in [0.2, 0.25) is 0 Å². The van der Waals surface area contributed by atoms with Crippen molar-refractivity contribution in [1.82, 2.24) is 0 Å². The van der Waals surface area contributed by atoms with Crippen molar-refractivity contribution in [3.8, 4) is 0 Å². The van der Waals surface area contributed by atoms with Gasteiger partial charge >= 0.3 is 5.97 Å². The van der Waals surface area contributed by atoms with E-state index in [2.05, 4.69) is 13.8 Å². The molecular weight excluding hydrogens is 369 g/mol. The fraction of sp³-hybridized carbons (Fsp3) is 0.667. The minimum absolute atomic E-state index is 0. The van der Waals surface area contributed by atoms with Crippen molar-refractivity contribution in [3.05, 3.63) is 35.6 Å². The maximum atomic E-state index is 13.1. The minimum Gasteiger partial charge on any atom is -0.461 e. The Balaban J connectivity index is 0.00000364. The zero-order chi connectivity index (χ0) is 19.1. The predicted octanol–water partition coefficient (Wildman–Crippen LogP) is 4.28. The van der Waals surface area contributed by atoms with Gasteiger partial charge in [0, 0.05) is 12.5 Å². The van der Waals surface area contributed by atoms with E-state index in [1.54, 1.807) is 0 Å². The third-order valence-corrected chi connectivity index (χ3v) is 5.15. The van der Waals surface area contributed by atoms with Crippen LogP contribution < -0.4 is 5.73 Å². The van der Waals surface area contributed by atoms with Gasteiger partial charge in [0.1, 0.15) is 18.0 Å². The number of cyclic esters (lactones) is 1. The average Bonchev–Trinajstić information content (AvgIpc) is 2.63. The molecule has 0 saturated carbocycles. The fourth-order valence-electron chi connectivity index (χ4n) is 3.45. The number of hydrogen-bond donors (Lipinski definition) is 1. The number of hydrogen-bond acceptors (Lipinski definition) is 4. The second-order valence-corrected chi connectivity index (χ2v) is 7.75. The molecule has 2 rings (SSSR count). The quantitative estimate of drug-likeness (QED) is 0.722. The minimum atomic E-state index is -0.626. The van der Waals surface area contributed by atoms with Crippen molar-refractivity contribution in [3.63, 3.8) is 0 Å². The summed E-state index contributed by atoms with van der Waals surface area (Å²) in [5.74, 6) is 0.143. The van der Waals surface area contributed by atoms with E-state index in [0.29, 0.717) is 18.9 Å². The molecule has 0 amide bonds. The van der Waals surface area contributed by atoms with Crippen molar-refractivity contribution in [1.29, 1.82) is 0 Å². The van der Waals surface area contributed by atoms with Crippen LogP contribution in [-0.2, 0) is 20.7 Å². The van der Waals surface area contributed by atoms with Crippen LogP contribution in [0.25, 0.3) is 0 Å². The van der Waals surface area contributed by atoms with E-state index in [0.717, 1.165) is 31.2 Å². The molecule has 4 atom stereocenters. The number of halogens is 2. The molecule has 1 aromatic carbocycles. The Kier molecular flexibility index (Phi) is 10.3. The second-order valence-electron chi connectivity index (χ2n) is 7.75. The van der Waals surface area contributed by atoms with Crippen LogP contribution in [0.5, 0.6) is 0 Å². The zero-order valence-electron chi connectivity index (χ0n) is 16.5. The highest BCUT2D eigenvalue weighted by Gasteiger charge is 2.33. The highest BCUT2D eigenvalue weighted by molar-refractivity contribution is 5.85. The van der Waals surface area contributed by atoms with E-state index < -0.39 is 6.04 Å². The van der Waals surface area contributed by atoms with Crippen molar-refractivity contribution in [2.24, 2.45) is 17.6 Å². The van der Waals surface area contributed by atoms with Gasteiger partial charge in [-0.2, -0.15) is 0 Å². The summed E-state index contributed by atoms with van der Waals surface area (Å²) in [4.78, 5) is 12.1. The number of rotatable bonds is 6. The molecule has 154 valence electrons. The van der Waals surface area contributed by atoms with Gasteiger partial charge in [-0.3, -0.25) is 4.79 Å². The Morgan fingerprint density at radius 2 is 1.89 bits per heavy atom. The summed E-state index contributed by atoms with van der Waals surface area (Å²) in [7, 11) is 0. The van der Waals surface area contributed by atoms with Gasteiger partial charge in [-0.15, -0.1) is 12.4 Å². The lowest BCUT2D eigenvalue weighted by Crippen LogP contribution is -2.37. The van der Waals surface area contributed by atoms with Gasteiger partial charge in [0.05, 0.1) is 6.10 Å². The van der Waals surface area contributed by atoms with E-state index in [1.807, 2.05) is 19.1 Å². The molecule has 0 aliphatic carbocycles. The summed E-state index contributed by atoms with van der Waals surface area (Å²) in [6, 6.07) is 5.97. The maximum Gasteiger partial charge on any atom is 0.323 e. The van der Waals surface area contributed by atoms with Gasteiger partial charge in [0.2, 0.25) is 0 Å². The Bertz CT molecular complexity index is 567. The highest BCUT2D eigenvalue weighted by Crippen LogP contribution is 2.28. The molecule has 4 nitrogen and oxygen atoms in total. The summed E-state index contributed by atoms with van der Waals surface area (Å²) in [6.07, 6.45) is 3.83. The smallest absolute Gasteiger partial charge is 0.323 e. The van der Waals surface area contributed by atoms with Crippen LogP contribution in [0.15, 0.2) is 24.3 Å². The van der Waals surface area contributed by atoms with Gasteiger partial charge in [0.25, 0.3) is 0 Å². The van der Waals surface area contributed by atoms with E-state index in [4.69, 9.17) is 15.2 Å². The molecule has 2 N–H and O–H groups in total. The zero-order valence-corrected chi connectivity index (χ0v) is 17.3. The molecule has 1 aliphatic rings. The van der Waals surface area contributed by atoms with Gasteiger partial charge in [-0.1, -0.05) is 32.4 Å². The SMILES string of the molecule is CC(C)CC[C@H]1[C@H](C)OC(=O)[C@@H](N)CCO[C@@H]1CCc1ccc(F)cc1.Cl. The van der Waals surface area contributed by atoms with Crippen molar-refractivity contribution in [2.45, 2.75) is 71.1 Å². The van der Waals surface area contributed by atoms with Crippen molar-refractivity contribution >= 4 is 18.4 Å². The van der Waals surface area contributed by atoms with Crippen LogP contribution in [0.1, 0.15) is 52.0 Å². The molecule has 1 fully saturated rings. The fourth-order valence-corrected chi connectivity index (χ4v) is 3.45. The van der Waals surface area contributed by atoms with E-state index >= 15 is 0 Å². The topological polar surface area (TPSA) is 61.5 Å². The Labute approximate surface area is 168 Å². The van der Waals surface area contributed by atoms with E-state index in [-0.39, 0.29) is 42.3 Å². The van der Waals surface area contributed by atoms with Crippen molar-refractivity contribution in [2.75, 3.05) is 6.61 Å². The van der Waals surface area contributed by atoms with Gasteiger partial charge in [0.15, 0.2) is 0 Å². The number of nitrogens with two attached hydrogens (primary N) is 1. The van der Waals surface area contributed by atoms with Crippen LogP contribution in [0, 0.1) is 17.7 Å². The lowest BCUT2D eigenvalue weighted by molar-refractivity contribution is -0.153. The first-order valence-electron chi connectivity index (χ1n) is 9.69. The first kappa shape index (κ1) is 23.9. The molecule has 0 bridgehead atoms. The second kappa shape index (κ2) is 11.6. The predicted molar refractivity (Wildman–Crippen MR) is 107 cm³/mol. The summed E-state index contributed by atoms with van der Waals surface area (Å²) in [6.45, 7) is 6.77. The Morgan fingerprint density at radius 3 is 2.52 bits per heavy atom. The lowest BCUT2D eigenvalue weighted by Gasteiger charge is -2.31. The molecule has 27 heavy (non-hydrogen) atoms. The van der Waals surface area contributed by atoms with Crippen LogP contribution >= 0.6 is 12.4 Å². The van der Waals surface area contributed by atoms with Gasteiger partial charge in [-0.25, -0.2) is 4.39 Å². The number of carbonyl (C=O) groups excluding carboxylic acids is 1. The first-order chi connectivity index (χ1) is 12.4. The molecule has 1 aliphatic heterocycles. The van der Waals surface area contributed by atoms with Gasteiger partial charge in [-0.05, 0) is 56.2 Å². The maximum absolute atomic E-state index is 13.1. The molecule has 0 spiro atoms. The summed E-state index contributed by atoms with van der Waals surface area (Å²) in [5.41, 5.74) is 6.96. The van der Waals surface area contributed by atoms with E-state index in [9.17, 15) is 9.18 Å². The Morgan fingerprint density at radius 1 is 1.22 bits per heavy atom. The van der Waals surface area contributed by atoms with Gasteiger partial charge < -0.3 is 15.2 Å². The standard InChI is InChI=1S/C21H32FNO3.ClH/c1-14(2)4-10-18-15(3)26-21(24)19(23)12-13-25-20(18)11-7-16-5-8-17(22)9-6-16;/h5-6,8-9,14-15,18-20H,4,7,10-13,23H2,1-3H3;1H/t15-,18-,19-,20+;/m0./s1. The molecule has 0 aromatic heterocycles. The Hall–Kier alpha value is -1.17. The summed E-state index contributed by atoms with van der Waals surface area (Å²) in [5, 5.41) is 0. The van der Waals surface area contributed by atoms with E-state index in [1.165, 1.54) is 12.1 Å². The van der Waals surface area contributed by atoms with Crippen molar-refractivity contribution < 1.29 is 18.7 Å². The molecule has 0 radical (unpaired) electrons. The monoisotopic (exact) mass is 401 g/mol. The molecule has 1 heterocycles. The molecule has 1 saturated heterocycles. The number of benzene rings is 1. The van der Waals surface area contributed by atoms with Crippen LogP contribution in [-0.4, -0.2) is 30.8 Å². The first-order valence-corrected chi connectivity index (χ1v) is 9.69. The largest absolute Gasteiger partial charge is 0.461 e. The number of esters is 1.